The Morgan fingerprint density at radius 1 is 1.61 bits per heavy atom. The van der Waals surface area contributed by atoms with Crippen LogP contribution < -0.4 is 5.32 Å². The van der Waals surface area contributed by atoms with Gasteiger partial charge < -0.3 is 15.2 Å². The minimum atomic E-state index is 0.188. The van der Waals surface area contributed by atoms with E-state index in [1.54, 1.807) is 4.68 Å². The molecule has 6 nitrogen and oxygen atoms in total. The lowest BCUT2D eigenvalue weighted by molar-refractivity contribution is 0.0385. The minimum absolute atomic E-state index is 0.188. The largest absolute Gasteiger partial charge is 0.396 e. The van der Waals surface area contributed by atoms with Crippen LogP contribution in [0.15, 0.2) is 6.20 Å². The van der Waals surface area contributed by atoms with Crippen LogP contribution in [0.4, 0.5) is 0 Å². The molecule has 102 valence electrons. The average Bonchev–Trinajstić information content (AvgIpc) is 2.83. The van der Waals surface area contributed by atoms with Crippen molar-refractivity contribution in [2.75, 3.05) is 19.8 Å². The number of ether oxygens (including phenoxy) is 1. The van der Waals surface area contributed by atoms with Gasteiger partial charge in [-0.05, 0) is 18.8 Å². The summed E-state index contributed by atoms with van der Waals surface area (Å²) in [6.45, 7) is 5.53. The number of rotatable bonds is 6. The molecule has 1 aliphatic heterocycles. The second kappa shape index (κ2) is 6.82. The molecule has 0 radical (unpaired) electrons. The standard InChI is InChI=1S/C12H22N4O2/c1-10-9-18-6-3-12(10)13-7-11-8-16(15-14-11)4-2-5-17/h8,10,12-13,17H,2-7,9H2,1H3. The Kier molecular flexibility index (Phi) is 5.10. The highest BCUT2D eigenvalue weighted by Crippen LogP contribution is 2.14. The number of aliphatic hydroxyl groups excluding tert-OH is 1. The van der Waals surface area contributed by atoms with Crippen LogP contribution in [0.5, 0.6) is 0 Å². The molecule has 1 saturated heterocycles. The van der Waals surface area contributed by atoms with Crippen LogP contribution in [-0.4, -0.2) is 46.0 Å². The fourth-order valence-electron chi connectivity index (χ4n) is 2.18. The van der Waals surface area contributed by atoms with Gasteiger partial charge in [0.1, 0.15) is 0 Å². The van der Waals surface area contributed by atoms with Crippen molar-refractivity contribution in [1.29, 1.82) is 0 Å². The van der Waals surface area contributed by atoms with Crippen molar-refractivity contribution < 1.29 is 9.84 Å². The van der Waals surface area contributed by atoms with Crippen molar-refractivity contribution >= 4 is 0 Å². The van der Waals surface area contributed by atoms with Crippen LogP contribution in [-0.2, 0) is 17.8 Å². The number of hydrogen-bond donors (Lipinski definition) is 2. The highest BCUT2D eigenvalue weighted by molar-refractivity contribution is 4.93. The predicted molar refractivity (Wildman–Crippen MR) is 67.0 cm³/mol. The maximum atomic E-state index is 8.75. The Labute approximate surface area is 107 Å². The summed E-state index contributed by atoms with van der Waals surface area (Å²) in [4.78, 5) is 0. The molecule has 0 aromatic carbocycles. The number of nitrogens with zero attached hydrogens (tertiary/aromatic N) is 3. The van der Waals surface area contributed by atoms with E-state index in [9.17, 15) is 0 Å². The first-order chi connectivity index (χ1) is 8.79. The summed E-state index contributed by atoms with van der Waals surface area (Å²) in [7, 11) is 0. The minimum Gasteiger partial charge on any atom is -0.396 e. The van der Waals surface area contributed by atoms with Crippen molar-refractivity contribution in [2.45, 2.75) is 38.9 Å². The number of nitrogens with one attached hydrogen (secondary N) is 1. The number of aryl methyl sites for hydroxylation is 1. The number of hydrogen-bond acceptors (Lipinski definition) is 5. The van der Waals surface area contributed by atoms with Gasteiger partial charge in [0.05, 0.1) is 12.3 Å². The summed E-state index contributed by atoms with van der Waals surface area (Å²) in [6, 6.07) is 0.501. The van der Waals surface area contributed by atoms with Gasteiger partial charge in [0.25, 0.3) is 0 Å². The highest BCUT2D eigenvalue weighted by atomic mass is 16.5. The van der Waals surface area contributed by atoms with Crippen molar-refractivity contribution in [3.63, 3.8) is 0 Å². The quantitative estimate of drug-likeness (QED) is 0.757. The van der Waals surface area contributed by atoms with Crippen LogP contribution in [0.2, 0.25) is 0 Å². The monoisotopic (exact) mass is 254 g/mol. The number of aromatic nitrogens is 3. The van der Waals surface area contributed by atoms with Crippen LogP contribution in [0.3, 0.4) is 0 Å². The molecule has 2 heterocycles. The topological polar surface area (TPSA) is 72.2 Å². The third-order valence-electron chi connectivity index (χ3n) is 3.32. The van der Waals surface area contributed by atoms with Crippen LogP contribution in [0, 0.1) is 5.92 Å². The molecule has 2 unspecified atom stereocenters. The Bertz CT molecular complexity index is 356. The zero-order valence-electron chi connectivity index (χ0n) is 10.9. The lowest BCUT2D eigenvalue weighted by Crippen LogP contribution is -2.41. The first-order valence-corrected chi connectivity index (χ1v) is 6.60. The summed E-state index contributed by atoms with van der Waals surface area (Å²) in [5.74, 6) is 0.545. The summed E-state index contributed by atoms with van der Waals surface area (Å²) < 4.78 is 7.20. The molecule has 2 atom stereocenters. The molecule has 2 rings (SSSR count). The second-order valence-corrected chi connectivity index (χ2v) is 4.88. The van der Waals surface area contributed by atoms with Gasteiger partial charge in [-0.25, -0.2) is 0 Å². The molecule has 1 aromatic rings. The maximum Gasteiger partial charge on any atom is 0.0964 e. The van der Waals surface area contributed by atoms with E-state index in [0.717, 1.165) is 38.4 Å². The van der Waals surface area contributed by atoms with E-state index in [1.165, 1.54) is 0 Å². The summed E-state index contributed by atoms with van der Waals surface area (Å²) in [5.41, 5.74) is 0.951. The van der Waals surface area contributed by atoms with Crippen molar-refractivity contribution in [3.05, 3.63) is 11.9 Å². The molecule has 18 heavy (non-hydrogen) atoms. The average molecular weight is 254 g/mol. The molecule has 2 N–H and O–H groups in total. The van der Waals surface area contributed by atoms with Crippen molar-refractivity contribution in [1.82, 2.24) is 20.3 Å². The Balaban J connectivity index is 1.77. The maximum absolute atomic E-state index is 8.75. The van der Waals surface area contributed by atoms with Gasteiger partial charge in [0, 0.05) is 38.5 Å². The van der Waals surface area contributed by atoms with Crippen LogP contribution in [0.25, 0.3) is 0 Å². The normalized spacial score (nSPS) is 24.3. The van der Waals surface area contributed by atoms with Crippen molar-refractivity contribution in [2.24, 2.45) is 5.92 Å². The van der Waals surface area contributed by atoms with Crippen molar-refractivity contribution in [3.8, 4) is 0 Å². The molecule has 1 aromatic heterocycles. The second-order valence-electron chi connectivity index (χ2n) is 4.88. The van der Waals surface area contributed by atoms with Gasteiger partial charge in [-0.3, -0.25) is 4.68 Å². The van der Waals surface area contributed by atoms with Crippen LogP contribution >= 0.6 is 0 Å². The molecule has 0 spiro atoms. The third kappa shape index (κ3) is 3.76. The molecule has 0 saturated carbocycles. The van der Waals surface area contributed by atoms with E-state index in [2.05, 4.69) is 22.6 Å². The van der Waals surface area contributed by atoms with Gasteiger partial charge in [-0.1, -0.05) is 12.1 Å². The van der Waals surface area contributed by atoms with Gasteiger partial charge in [-0.2, -0.15) is 0 Å². The zero-order valence-corrected chi connectivity index (χ0v) is 10.9. The molecule has 0 aliphatic carbocycles. The molecule has 0 amide bonds. The van der Waals surface area contributed by atoms with E-state index in [0.29, 0.717) is 18.4 Å². The van der Waals surface area contributed by atoms with Gasteiger partial charge in [0.2, 0.25) is 0 Å². The van der Waals surface area contributed by atoms with Gasteiger partial charge in [0.15, 0.2) is 0 Å². The predicted octanol–water partition coefficient (Wildman–Crippen LogP) is 0.175. The molecule has 6 heteroatoms. The summed E-state index contributed by atoms with van der Waals surface area (Å²) in [5, 5.41) is 20.4. The lowest BCUT2D eigenvalue weighted by Gasteiger charge is -2.29. The lowest BCUT2D eigenvalue weighted by atomic mass is 9.98. The van der Waals surface area contributed by atoms with E-state index in [-0.39, 0.29) is 6.61 Å². The van der Waals surface area contributed by atoms with E-state index in [1.807, 2.05) is 6.20 Å². The van der Waals surface area contributed by atoms with Crippen LogP contribution in [0.1, 0.15) is 25.5 Å². The first kappa shape index (κ1) is 13.5. The van der Waals surface area contributed by atoms with E-state index in [4.69, 9.17) is 9.84 Å². The molecule has 0 bridgehead atoms. The van der Waals surface area contributed by atoms with Gasteiger partial charge >= 0.3 is 0 Å². The summed E-state index contributed by atoms with van der Waals surface area (Å²) >= 11 is 0. The molecule has 1 aliphatic rings. The fourth-order valence-corrected chi connectivity index (χ4v) is 2.18. The zero-order chi connectivity index (χ0) is 12.8. The third-order valence-corrected chi connectivity index (χ3v) is 3.32. The van der Waals surface area contributed by atoms with E-state index >= 15 is 0 Å². The SMILES string of the molecule is CC1COCCC1NCc1cn(CCCO)nn1. The Morgan fingerprint density at radius 2 is 2.50 bits per heavy atom. The Morgan fingerprint density at radius 3 is 3.28 bits per heavy atom. The first-order valence-electron chi connectivity index (χ1n) is 6.60. The summed E-state index contributed by atoms with van der Waals surface area (Å²) in [6.07, 6.45) is 3.71. The van der Waals surface area contributed by atoms with Gasteiger partial charge in [-0.15, -0.1) is 5.10 Å². The highest BCUT2D eigenvalue weighted by Gasteiger charge is 2.21. The smallest absolute Gasteiger partial charge is 0.0964 e. The fraction of sp³-hybridized carbons (Fsp3) is 0.833. The van der Waals surface area contributed by atoms with E-state index < -0.39 is 0 Å². The molecular formula is C12H22N4O2. The Hall–Kier alpha value is -0.980. The number of aliphatic hydroxyl groups is 1. The molecule has 1 fully saturated rings. The molecular weight excluding hydrogens is 232 g/mol.